The van der Waals surface area contributed by atoms with Gasteiger partial charge in [0.2, 0.25) is 0 Å². The van der Waals surface area contributed by atoms with E-state index in [1.807, 2.05) is 10.7 Å². The fourth-order valence-electron chi connectivity index (χ4n) is 5.80. The number of halogens is 5. The molecule has 0 spiro atoms. The molecule has 7 rings (SSSR count). The van der Waals surface area contributed by atoms with Crippen molar-refractivity contribution in [2.24, 2.45) is 0 Å². The Hall–Kier alpha value is -4.35. The van der Waals surface area contributed by atoms with E-state index in [4.69, 9.17) is 31.3 Å². The Bertz CT molecular complexity index is 1980. The van der Waals surface area contributed by atoms with Gasteiger partial charge in [-0.25, -0.2) is 19.2 Å². The highest BCUT2D eigenvalue weighted by Crippen LogP contribution is 2.45. The predicted octanol–water partition coefficient (Wildman–Crippen LogP) is 5.67. The molecular formula is C33H32ClF4N7O4S. The van der Waals surface area contributed by atoms with Crippen LogP contribution in [0.25, 0.3) is 20.7 Å². The Balaban J connectivity index is 0.000000561. The highest BCUT2D eigenvalue weighted by Gasteiger charge is 2.38. The normalized spacial score (nSPS) is 15.1. The van der Waals surface area contributed by atoms with Gasteiger partial charge in [-0.3, -0.25) is 9.58 Å². The SMILES string of the molecule is O=C(O)C(F)(F)F.OC(CN1CCNCC1)Cn1cc2c(n1)CCc1c-2sc2ncnc(Nc3ccc(OCc4cccc(F)c4)c(Cl)c3)c12. The van der Waals surface area contributed by atoms with Crippen molar-refractivity contribution in [3.05, 3.63) is 82.6 Å². The van der Waals surface area contributed by atoms with Gasteiger partial charge in [0.15, 0.2) is 0 Å². The molecule has 4 N–H and O–H groups in total. The van der Waals surface area contributed by atoms with Crippen molar-refractivity contribution in [3.8, 4) is 16.2 Å². The molecule has 1 aliphatic heterocycles. The van der Waals surface area contributed by atoms with Gasteiger partial charge in [0.05, 0.1) is 28.8 Å². The molecule has 0 radical (unpaired) electrons. The van der Waals surface area contributed by atoms with Crippen molar-refractivity contribution in [2.75, 3.05) is 38.0 Å². The average molecular weight is 734 g/mol. The van der Waals surface area contributed by atoms with Gasteiger partial charge in [0.25, 0.3) is 0 Å². The molecule has 2 aliphatic rings. The van der Waals surface area contributed by atoms with E-state index in [0.717, 1.165) is 76.6 Å². The number of ether oxygens (including phenoxy) is 1. The number of hydrogen-bond donors (Lipinski definition) is 4. The van der Waals surface area contributed by atoms with E-state index in [1.54, 1.807) is 41.9 Å². The van der Waals surface area contributed by atoms with Crippen molar-refractivity contribution >= 4 is 50.6 Å². The second-order valence-corrected chi connectivity index (χ2v) is 13.1. The zero-order valence-electron chi connectivity index (χ0n) is 26.4. The first kappa shape index (κ1) is 35.5. The van der Waals surface area contributed by atoms with Crippen molar-refractivity contribution in [3.63, 3.8) is 0 Å². The maximum absolute atomic E-state index is 13.5. The van der Waals surface area contributed by atoms with Crippen LogP contribution in [0.15, 0.2) is 55.0 Å². The molecule has 4 heterocycles. The summed E-state index contributed by atoms with van der Waals surface area (Å²) in [5.74, 6) is -1.83. The molecule has 1 atom stereocenters. The minimum absolute atomic E-state index is 0.214. The smallest absolute Gasteiger partial charge is 0.487 e. The van der Waals surface area contributed by atoms with Gasteiger partial charge in [-0.1, -0.05) is 23.7 Å². The number of hydrogen-bond acceptors (Lipinski definition) is 10. The lowest BCUT2D eigenvalue weighted by molar-refractivity contribution is -0.192. The van der Waals surface area contributed by atoms with Crippen LogP contribution < -0.4 is 15.4 Å². The Labute approximate surface area is 292 Å². The number of piperazine rings is 1. The first-order valence-corrected chi connectivity index (χ1v) is 16.8. The number of alkyl halides is 3. The molecule has 0 amide bonds. The van der Waals surface area contributed by atoms with Crippen LogP contribution in [0.3, 0.4) is 0 Å². The van der Waals surface area contributed by atoms with E-state index in [0.29, 0.717) is 29.7 Å². The van der Waals surface area contributed by atoms with Gasteiger partial charge in [-0.2, -0.15) is 18.3 Å². The summed E-state index contributed by atoms with van der Waals surface area (Å²) < 4.78 is 53.0. The van der Waals surface area contributed by atoms with Gasteiger partial charge >= 0.3 is 12.1 Å². The molecule has 264 valence electrons. The number of fused-ring (bicyclic) bond motifs is 5. The lowest BCUT2D eigenvalue weighted by Gasteiger charge is -2.29. The second kappa shape index (κ2) is 15.3. The van der Waals surface area contributed by atoms with Crippen LogP contribution in [0.4, 0.5) is 29.1 Å². The van der Waals surface area contributed by atoms with Crippen LogP contribution in [0.2, 0.25) is 5.02 Å². The summed E-state index contributed by atoms with van der Waals surface area (Å²) in [5, 5.41) is 30.9. The van der Waals surface area contributed by atoms with Crippen LogP contribution in [-0.2, 0) is 30.8 Å². The predicted molar refractivity (Wildman–Crippen MR) is 181 cm³/mol. The molecule has 0 saturated carbocycles. The molecule has 5 aromatic rings. The van der Waals surface area contributed by atoms with Crippen LogP contribution in [0.5, 0.6) is 5.75 Å². The number of benzene rings is 2. The van der Waals surface area contributed by atoms with Crippen molar-refractivity contribution in [2.45, 2.75) is 38.3 Å². The number of anilines is 2. The molecule has 1 aliphatic carbocycles. The van der Waals surface area contributed by atoms with Gasteiger partial charge in [-0.05, 0) is 54.3 Å². The van der Waals surface area contributed by atoms with Gasteiger partial charge in [0.1, 0.15) is 35.1 Å². The van der Waals surface area contributed by atoms with E-state index in [9.17, 15) is 22.7 Å². The quantitative estimate of drug-likeness (QED) is 0.140. The van der Waals surface area contributed by atoms with Crippen molar-refractivity contribution in [1.29, 1.82) is 0 Å². The van der Waals surface area contributed by atoms with E-state index < -0.39 is 18.2 Å². The number of carbonyl (C=O) groups is 1. The third kappa shape index (κ3) is 8.50. The van der Waals surface area contributed by atoms with Gasteiger partial charge < -0.3 is 25.6 Å². The van der Waals surface area contributed by atoms with Crippen molar-refractivity contribution < 1.29 is 37.3 Å². The molecule has 1 fully saturated rings. The maximum Gasteiger partial charge on any atom is 0.490 e. The van der Waals surface area contributed by atoms with E-state index >= 15 is 0 Å². The summed E-state index contributed by atoms with van der Waals surface area (Å²) in [5.41, 5.74) is 4.86. The number of aliphatic hydroxyl groups is 1. The fourth-order valence-corrected chi connectivity index (χ4v) is 7.26. The third-order valence-electron chi connectivity index (χ3n) is 8.08. The monoisotopic (exact) mass is 733 g/mol. The molecule has 1 saturated heterocycles. The number of nitrogens with zero attached hydrogens (tertiary/aromatic N) is 5. The number of carboxylic acids is 1. The topological polar surface area (TPSA) is 138 Å². The summed E-state index contributed by atoms with van der Waals surface area (Å²) in [6.45, 7) is 5.16. The molecule has 11 nitrogen and oxygen atoms in total. The molecular weight excluding hydrogens is 702 g/mol. The molecule has 1 unspecified atom stereocenters. The first-order chi connectivity index (χ1) is 23.9. The Morgan fingerprint density at radius 3 is 2.62 bits per heavy atom. The van der Waals surface area contributed by atoms with E-state index in [-0.39, 0.29) is 12.4 Å². The van der Waals surface area contributed by atoms with Crippen LogP contribution in [0, 0.1) is 5.82 Å². The Morgan fingerprint density at radius 2 is 1.90 bits per heavy atom. The highest BCUT2D eigenvalue weighted by atomic mass is 35.5. The number of thiophene rings is 1. The number of rotatable bonds is 9. The van der Waals surface area contributed by atoms with Crippen LogP contribution in [0.1, 0.15) is 16.8 Å². The molecule has 50 heavy (non-hydrogen) atoms. The Kier molecular flexibility index (Phi) is 10.8. The average Bonchev–Trinajstić information content (AvgIpc) is 3.66. The minimum Gasteiger partial charge on any atom is -0.487 e. The first-order valence-electron chi connectivity index (χ1n) is 15.6. The standard InChI is InChI=1S/C31H31ClFN7O2S.C2HF3O2/c32-25-13-21(4-7-27(25)42-17-19-2-1-3-20(33)12-19)37-30-28-23-5-6-26-24(29(23)43-31(28)36-18-35-30)16-40(38-26)15-22(41)14-39-10-8-34-9-11-39;3-2(4,5)1(6)7/h1-4,7,12-13,16,18,22,34,41H,5-6,8-11,14-15,17H2,(H,35,36,37);(H,6,7). The van der Waals surface area contributed by atoms with Crippen LogP contribution >= 0.6 is 22.9 Å². The minimum atomic E-state index is -5.08. The summed E-state index contributed by atoms with van der Waals surface area (Å²) in [4.78, 5) is 22.4. The Morgan fingerprint density at radius 1 is 1.12 bits per heavy atom. The third-order valence-corrected chi connectivity index (χ3v) is 9.55. The highest BCUT2D eigenvalue weighted by molar-refractivity contribution is 7.22. The summed E-state index contributed by atoms with van der Waals surface area (Å²) >= 11 is 8.20. The van der Waals surface area contributed by atoms with Crippen molar-refractivity contribution in [1.82, 2.24) is 30.0 Å². The van der Waals surface area contributed by atoms with E-state index in [2.05, 4.69) is 31.7 Å². The summed E-state index contributed by atoms with van der Waals surface area (Å²) in [6, 6.07) is 11.8. The lowest BCUT2D eigenvalue weighted by Crippen LogP contribution is -2.46. The number of aliphatic hydroxyl groups excluding tert-OH is 1. The summed E-state index contributed by atoms with van der Waals surface area (Å²) in [6.07, 6.45) is -0.285. The molecule has 0 bridgehead atoms. The zero-order valence-corrected chi connectivity index (χ0v) is 28.0. The van der Waals surface area contributed by atoms with Gasteiger partial charge in [-0.15, -0.1) is 11.3 Å². The largest absolute Gasteiger partial charge is 0.490 e. The number of aromatic nitrogens is 4. The fraction of sp³-hybridized carbons (Fsp3) is 0.333. The molecule has 2 aromatic carbocycles. The molecule has 3 aromatic heterocycles. The number of nitrogens with one attached hydrogen (secondary N) is 2. The summed E-state index contributed by atoms with van der Waals surface area (Å²) in [7, 11) is 0. The van der Waals surface area contributed by atoms with Gasteiger partial charge in [0, 0.05) is 55.0 Å². The zero-order chi connectivity index (χ0) is 35.4. The maximum atomic E-state index is 13.5. The van der Waals surface area contributed by atoms with Crippen LogP contribution in [-0.4, -0.2) is 85.8 Å². The number of aliphatic carboxylic acids is 1. The number of carboxylic acid groups (broad SMARTS) is 1. The lowest BCUT2D eigenvalue weighted by atomic mass is 9.95. The van der Waals surface area contributed by atoms with E-state index in [1.165, 1.54) is 17.7 Å². The number of aryl methyl sites for hydroxylation is 2. The molecule has 17 heteroatoms. The number of β-amino-alcohol motifs (C(OH)–C–C–N with tert-alkyl or cyclic N) is 1. The second-order valence-electron chi connectivity index (χ2n) is 11.7.